The normalized spacial score (nSPS) is 10.8. The number of aryl methyl sites for hydroxylation is 1. The van der Waals surface area contributed by atoms with Crippen LogP contribution in [0.1, 0.15) is 27.2 Å². The summed E-state index contributed by atoms with van der Waals surface area (Å²) in [4.78, 5) is 33.7. The predicted octanol–water partition coefficient (Wildman–Crippen LogP) is 1.51. The summed E-state index contributed by atoms with van der Waals surface area (Å²) in [7, 11) is -3.68. The topological polar surface area (TPSA) is 83.8 Å². The molecular weight excluding hydrogens is 294 g/mol. The summed E-state index contributed by atoms with van der Waals surface area (Å²) >= 11 is 0. The summed E-state index contributed by atoms with van der Waals surface area (Å²) in [5.41, 5.74) is 0. The summed E-state index contributed by atoms with van der Waals surface area (Å²) in [5, 5.41) is 0. The molecule has 0 fully saturated rings. The number of nitrogens with zero attached hydrogens (tertiary/aromatic N) is 1. The van der Waals surface area contributed by atoms with Gasteiger partial charge < -0.3 is 17.8 Å². The first kappa shape index (κ1) is 17.0. The van der Waals surface area contributed by atoms with E-state index < -0.39 is 26.7 Å². The summed E-state index contributed by atoms with van der Waals surface area (Å²) < 4.78 is 17.2. The van der Waals surface area contributed by atoms with E-state index in [1.165, 1.54) is 20.8 Å². The molecule has 0 spiro atoms. The van der Waals surface area contributed by atoms with E-state index >= 15 is 0 Å². The molecule has 0 unspecified atom stereocenters. The van der Waals surface area contributed by atoms with Gasteiger partial charge in [-0.1, -0.05) is 0 Å². The second-order valence-electron chi connectivity index (χ2n) is 4.49. The lowest BCUT2D eigenvalue weighted by Gasteiger charge is -2.26. The van der Waals surface area contributed by atoms with E-state index in [4.69, 9.17) is 13.3 Å². The third-order valence-corrected chi connectivity index (χ3v) is 5.22. The number of hydrogen-bond acceptors (Lipinski definition) is 6. The predicted molar refractivity (Wildman–Crippen MR) is 74.9 cm³/mol. The largest absolute Gasteiger partial charge is 0.705 e. The van der Waals surface area contributed by atoms with Gasteiger partial charge in [0.2, 0.25) is 0 Å². The number of rotatable bonds is 7. The number of aromatic nitrogens is 1. The number of hydrogen-bond donors (Lipinski definition) is 0. The fraction of sp³-hybridized carbons (Fsp3) is 0.462. The molecule has 1 rings (SSSR count). The summed E-state index contributed by atoms with van der Waals surface area (Å²) in [5.74, 6) is -1.94. The maximum absolute atomic E-state index is 11.2. The fourth-order valence-corrected chi connectivity index (χ4v) is 4.21. The van der Waals surface area contributed by atoms with Gasteiger partial charge in [-0.15, -0.1) is 0 Å². The zero-order chi connectivity index (χ0) is 15.9. The Bertz CT molecular complexity index is 458. The second-order valence-corrected chi connectivity index (χ2v) is 6.97. The minimum Gasteiger partial charge on any atom is -0.455 e. The first-order valence-corrected chi connectivity index (χ1v) is 8.46. The van der Waals surface area contributed by atoms with E-state index in [1.54, 1.807) is 0 Å². The molecule has 0 aromatic carbocycles. The Morgan fingerprint density at radius 2 is 1.33 bits per heavy atom. The van der Waals surface area contributed by atoms with E-state index in [0.717, 1.165) is 0 Å². The Hall–Kier alpha value is -2.09. The van der Waals surface area contributed by atoms with Crippen LogP contribution in [0.5, 0.6) is 0 Å². The zero-order valence-corrected chi connectivity index (χ0v) is 13.3. The number of carbonyl (C=O) groups excluding carboxylic acids is 3. The van der Waals surface area contributed by atoms with Crippen molar-refractivity contribution in [3.8, 4) is 0 Å². The molecule has 0 radical (unpaired) electrons. The molecule has 0 aliphatic heterocycles. The van der Waals surface area contributed by atoms with Crippen molar-refractivity contribution in [1.29, 1.82) is 0 Å². The molecule has 0 aliphatic carbocycles. The van der Waals surface area contributed by atoms with Gasteiger partial charge in [0.15, 0.2) is 0 Å². The van der Waals surface area contributed by atoms with Gasteiger partial charge in [0.1, 0.15) is 0 Å². The van der Waals surface area contributed by atoms with Crippen LogP contribution in [0.15, 0.2) is 24.5 Å². The molecule has 1 aromatic rings. The molecule has 0 saturated heterocycles. The Balaban J connectivity index is 2.77. The van der Waals surface area contributed by atoms with E-state index in [-0.39, 0.29) is 6.04 Å². The quantitative estimate of drug-likeness (QED) is 0.709. The Labute approximate surface area is 124 Å². The molecule has 0 bridgehead atoms. The summed E-state index contributed by atoms with van der Waals surface area (Å²) in [6.45, 7) is 4.17. The van der Waals surface area contributed by atoms with Crippen LogP contribution in [0.4, 0.5) is 0 Å². The van der Waals surface area contributed by atoms with Crippen molar-refractivity contribution in [2.75, 3.05) is 0 Å². The molecule has 8 heteroatoms. The maximum atomic E-state index is 11.2. The molecule has 1 aromatic heterocycles. The molecule has 1 heterocycles. The van der Waals surface area contributed by atoms with Gasteiger partial charge in [-0.25, -0.2) is 0 Å². The molecule has 0 atom stereocenters. The molecular formula is C13H19NO6Si. The lowest BCUT2D eigenvalue weighted by atomic mass is 10.5. The Morgan fingerprint density at radius 1 is 0.905 bits per heavy atom. The molecule has 0 N–H and O–H groups in total. The fourth-order valence-electron chi connectivity index (χ4n) is 1.87. The molecule has 0 amide bonds. The highest BCUT2D eigenvalue weighted by atomic mass is 28.4. The SMILES string of the molecule is CC(=O)O[Si](CCCn1cccc1)(OC(C)=O)OC(C)=O. The van der Waals surface area contributed by atoms with Crippen molar-refractivity contribution in [3.05, 3.63) is 24.5 Å². The van der Waals surface area contributed by atoms with Crippen LogP contribution in [0, 0.1) is 0 Å². The van der Waals surface area contributed by atoms with Crippen molar-refractivity contribution >= 4 is 26.7 Å². The molecule has 7 nitrogen and oxygen atoms in total. The van der Waals surface area contributed by atoms with E-state index in [1.807, 2.05) is 29.1 Å². The first-order valence-electron chi connectivity index (χ1n) is 6.52. The molecule has 21 heavy (non-hydrogen) atoms. The van der Waals surface area contributed by atoms with Gasteiger partial charge in [-0.05, 0) is 18.6 Å². The van der Waals surface area contributed by atoms with Gasteiger partial charge in [0.25, 0.3) is 17.9 Å². The highest BCUT2D eigenvalue weighted by Gasteiger charge is 2.51. The number of carbonyl (C=O) groups is 3. The van der Waals surface area contributed by atoms with E-state index in [0.29, 0.717) is 13.0 Å². The second kappa shape index (κ2) is 7.63. The Kier molecular flexibility index (Phi) is 6.16. The first-order chi connectivity index (χ1) is 9.83. The van der Waals surface area contributed by atoms with Crippen LogP contribution in [-0.4, -0.2) is 31.3 Å². The third kappa shape index (κ3) is 6.26. The summed E-state index contributed by atoms with van der Waals surface area (Å²) in [6.07, 6.45) is 4.30. The third-order valence-electron chi connectivity index (χ3n) is 2.46. The average Bonchev–Trinajstić information content (AvgIpc) is 2.78. The lowest BCUT2D eigenvalue weighted by Crippen LogP contribution is -2.49. The van der Waals surface area contributed by atoms with Gasteiger partial charge >= 0.3 is 8.80 Å². The average molecular weight is 313 g/mol. The van der Waals surface area contributed by atoms with E-state index in [2.05, 4.69) is 0 Å². The molecule has 0 saturated carbocycles. The van der Waals surface area contributed by atoms with Crippen molar-refractivity contribution in [3.63, 3.8) is 0 Å². The highest BCUT2D eigenvalue weighted by molar-refractivity contribution is 6.65. The van der Waals surface area contributed by atoms with Gasteiger partial charge in [0, 0.05) is 39.7 Å². The van der Waals surface area contributed by atoms with Crippen LogP contribution in [-0.2, 0) is 34.2 Å². The summed E-state index contributed by atoms with van der Waals surface area (Å²) in [6, 6.07) is 3.95. The van der Waals surface area contributed by atoms with Gasteiger partial charge in [0.05, 0.1) is 6.04 Å². The van der Waals surface area contributed by atoms with Crippen LogP contribution in [0.25, 0.3) is 0 Å². The standard InChI is InChI=1S/C13H19NO6Si/c1-11(15)18-21(19-12(2)16,20-13(3)17)10-6-9-14-7-4-5-8-14/h4-5,7-8H,6,9-10H2,1-3H3. The van der Waals surface area contributed by atoms with Crippen LogP contribution in [0.2, 0.25) is 6.04 Å². The molecule has 116 valence electrons. The van der Waals surface area contributed by atoms with Crippen molar-refractivity contribution in [2.45, 2.75) is 39.8 Å². The van der Waals surface area contributed by atoms with Crippen LogP contribution >= 0.6 is 0 Å². The smallest absolute Gasteiger partial charge is 0.455 e. The van der Waals surface area contributed by atoms with Crippen LogP contribution < -0.4 is 0 Å². The van der Waals surface area contributed by atoms with Crippen molar-refractivity contribution in [1.82, 2.24) is 4.57 Å². The van der Waals surface area contributed by atoms with Crippen LogP contribution in [0.3, 0.4) is 0 Å². The lowest BCUT2D eigenvalue weighted by molar-refractivity contribution is -0.147. The highest BCUT2D eigenvalue weighted by Crippen LogP contribution is 2.20. The van der Waals surface area contributed by atoms with Crippen molar-refractivity contribution in [2.24, 2.45) is 0 Å². The monoisotopic (exact) mass is 313 g/mol. The maximum Gasteiger partial charge on any atom is 0.705 e. The minimum atomic E-state index is -3.68. The zero-order valence-electron chi connectivity index (χ0n) is 12.3. The van der Waals surface area contributed by atoms with Gasteiger partial charge in [-0.2, -0.15) is 0 Å². The van der Waals surface area contributed by atoms with E-state index in [9.17, 15) is 14.4 Å². The molecule has 0 aliphatic rings. The van der Waals surface area contributed by atoms with Crippen molar-refractivity contribution < 1.29 is 27.7 Å². The Morgan fingerprint density at radius 3 is 1.71 bits per heavy atom. The minimum absolute atomic E-state index is 0.184. The van der Waals surface area contributed by atoms with Gasteiger partial charge in [-0.3, -0.25) is 14.4 Å².